The van der Waals surface area contributed by atoms with E-state index in [9.17, 15) is 0 Å². The van der Waals surface area contributed by atoms with Gasteiger partial charge < -0.3 is 11.1 Å². The molecule has 2 bridgehead atoms. The molecule has 1 aromatic rings. The van der Waals surface area contributed by atoms with Crippen LogP contribution in [0.2, 0.25) is 0 Å². The summed E-state index contributed by atoms with van der Waals surface area (Å²) >= 11 is 0. The molecule has 1 aliphatic heterocycles. The molecule has 0 spiro atoms. The SMILES string of the molecule is Cc1nn(CC23CCC(N)(CC2)CC3)c2c1CNCC2. The third-order valence-corrected chi connectivity index (χ3v) is 6.15. The van der Waals surface area contributed by atoms with E-state index < -0.39 is 0 Å². The second kappa shape index (κ2) is 4.31. The Morgan fingerprint density at radius 3 is 2.60 bits per heavy atom. The van der Waals surface area contributed by atoms with Gasteiger partial charge in [-0.1, -0.05) is 0 Å². The molecule has 2 heterocycles. The quantitative estimate of drug-likeness (QED) is 0.866. The van der Waals surface area contributed by atoms with E-state index in [0.717, 1.165) is 26.1 Å². The molecule has 4 heteroatoms. The summed E-state index contributed by atoms with van der Waals surface area (Å²) in [4.78, 5) is 0. The second-order valence-corrected chi connectivity index (χ2v) is 7.46. The molecule has 3 N–H and O–H groups in total. The Bertz CT molecular complexity index is 506. The third kappa shape index (κ3) is 1.92. The monoisotopic (exact) mass is 274 g/mol. The molecule has 0 saturated heterocycles. The van der Waals surface area contributed by atoms with Gasteiger partial charge in [0, 0.05) is 42.9 Å². The summed E-state index contributed by atoms with van der Waals surface area (Å²) in [5.74, 6) is 0. The molecule has 4 nitrogen and oxygen atoms in total. The molecule has 0 aromatic carbocycles. The van der Waals surface area contributed by atoms with Crippen molar-refractivity contribution in [3.8, 4) is 0 Å². The Labute approximate surface area is 121 Å². The van der Waals surface area contributed by atoms with Gasteiger partial charge in [-0.05, 0) is 50.9 Å². The number of aryl methyl sites for hydroxylation is 1. The van der Waals surface area contributed by atoms with Crippen molar-refractivity contribution in [3.63, 3.8) is 0 Å². The highest BCUT2D eigenvalue weighted by Gasteiger charge is 2.47. The molecule has 1 aromatic heterocycles. The summed E-state index contributed by atoms with van der Waals surface area (Å²) < 4.78 is 2.35. The molecule has 0 unspecified atom stereocenters. The van der Waals surface area contributed by atoms with Crippen LogP contribution in [0.15, 0.2) is 0 Å². The summed E-state index contributed by atoms with van der Waals surface area (Å²) in [6.07, 6.45) is 8.69. The number of rotatable bonds is 2. The van der Waals surface area contributed by atoms with Crippen LogP contribution in [0.1, 0.15) is 55.5 Å². The van der Waals surface area contributed by atoms with Crippen LogP contribution < -0.4 is 11.1 Å². The van der Waals surface area contributed by atoms with Crippen molar-refractivity contribution >= 4 is 0 Å². The lowest BCUT2D eigenvalue weighted by Crippen LogP contribution is -2.53. The van der Waals surface area contributed by atoms with E-state index in [1.807, 2.05) is 0 Å². The number of nitrogens with zero attached hydrogens (tertiary/aromatic N) is 2. The third-order valence-electron chi connectivity index (χ3n) is 6.15. The molecule has 3 fully saturated rings. The number of hydrogen-bond acceptors (Lipinski definition) is 3. The summed E-state index contributed by atoms with van der Waals surface area (Å²) in [5, 5.41) is 8.32. The first-order valence-electron chi connectivity index (χ1n) is 8.14. The molecule has 3 saturated carbocycles. The van der Waals surface area contributed by atoms with Crippen LogP contribution in [-0.2, 0) is 19.5 Å². The fraction of sp³-hybridized carbons (Fsp3) is 0.812. The summed E-state index contributed by atoms with van der Waals surface area (Å²) in [6.45, 7) is 5.38. The first-order valence-corrected chi connectivity index (χ1v) is 8.14. The van der Waals surface area contributed by atoms with E-state index in [-0.39, 0.29) is 5.54 Å². The van der Waals surface area contributed by atoms with Gasteiger partial charge in [-0.15, -0.1) is 0 Å². The van der Waals surface area contributed by atoms with E-state index in [0.29, 0.717) is 5.41 Å². The molecule has 3 aliphatic carbocycles. The van der Waals surface area contributed by atoms with Crippen LogP contribution in [0.4, 0.5) is 0 Å². The Morgan fingerprint density at radius 1 is 1.20 bits per heavy atom. The van der Waals surface area contributed by atoms with Crippen LogP contribution in [0, 0.1) is 12.3 Å². The van der Waals surface area contributed by atoms with E-state index in [1.165, 1.54) is 55.5 Å². The first-order chi connectivity index (χ1) is 9.59. The van der Waals surface area contributed by atoms with Gasteiger partial charge in [0.15, 0.2) is 0 Å². The van der Waals surface area contributed by atoms with Gasteiger partial charge in [-0.25, -0.2) is 0 Å². The zero-order valence-corrected chi connectivity index (χ0v) is 12.5. The van der Waals surface area contributed by atoms with Crippen molar-refractivity contribution in [1.82, 2.24) is 15.1 Å². The number of aromatic nitrogens is 2. The zero-order valence-electron chi connectivity index (χ0n) is 12.5. The highest BCUT2D eigenvalue weighted by atomic mass is 15.3. The molecule has 0 amide bonds. The highest BCUT2D eigenvalue weighted by molar-refractivity contribution is 5.28. The van der Waals surface area contributed by atoms with E-state index in [2.05, 4.69) is 16.9 Å². The first kappa shape index (κ1) is 12.8. The Balaban J connectivity index is 1.61. The van der Waals surface area contributed by atoms with E-state index >= 15 is 0 Å². The largest absolute Gasteiger partial charge is 0.325 e. The smallest absolute Gasteiger partial charge is 0.0641 e. The van der Waals surface area contributed by atoms with Gasteiger partial charge >= 0.3 is 0 Å². The van der Waals surface area contributed by atoms with Gasteiger partial charge in [-0.2, -0.15) is 5.10 Å². The number of nitrogens with two attached hydrogens (primary N) is 1. The zero-order chi connectivity index (χ0) is 13.8. The van der Waals surface area contributed by atoms with Crippen molar-refractivity contribution in [1.29, 1.82) is 0 Å². The minimum Gasteiger partial charge on any atom is -0.325 e. The predicted molar refractivity (Wildman–Crippen MR) is 79.4 cm³/mol. The Kier molecular flexibility index (Phi) is 2.77. The van der Waals surface area contributed by atoms with Crippen molar-refractivity contribution in [2.45, 2.75) is 70.5 Å². The molecule has 4 aliphatic rings. The van der Waals surface area contributed by atoms with E-state index in [4.69, 9.17) is 10.8 Å². The average molecular weight is 274 g/mol. The minimum absolute atomic E-state index is 0.172. The van der Waals surface area contributed by atoms with Crippen molar-refractivity contribution in [2.75, 3.05) is 6.54 Å². The topological polar surface area (TPSA) is 55.9 Å². The number of nitrogens with one attached hydrogen (secondary N) is 1. The van der Waals surface area contributed by atoms with Crippen LogP contribution in [0.25, 0.3) is 0 Å². The molecule has 0 atom stereocenters. The highest BCUT2D eigenvalue weighted by Crippen LogP contribution is 2.52. The van der Waals surface area contributed by atoms with Gasteiger partial charge in [0.25, 0.3) is 0 Å². The maximum absolute atomic E-state index is 6.43. The van der Waals surface area contributed by atoms with Gasteiger partial charge in [0.2, 0.25) is 0 Å². The standard InChI is InChI=1S/C16H26N4/c1-12-13-10-18-9-2-14(13)20(19-12)11-15-3-6-16(17,7-4-15)8-5-15/h18H,2-11,17H2,1H3. The van der Waals surface area contributed by atoms with Crippen LogP contribution in [0.3, 0.4) is 0 Å². The molecule has 20 heavy (non-hydrogen) atoms. The number of hydrogen-bond donors (Lipinski definition) is 2. The fourth-order valence-electron chi connectivity index (χ4n) is 4.57. The molecular weight excluding hydrogens is 248 g/mol. The van der Waals surface area contributed by atoms with Crippen molar-refractivity contribution < 1.29 is 0 Å². The maximum atomic E-state index is 6.43. The van der Waals surface area contributed by atoms with Gasteiger partial charge in [0.1, 0.15) is 0 Å². The predicted octanol–water partition coefficient (Wildman–Crippen LogP) is 1.89. The Morgan fingerprint density at radius 2 is 1.90 bits per heavy atom. The number of fused-ring (bicyclic) bond motifs is 4. The van der Waals surface area contributed by atoms with Gasteiger partial charge in [-0.3, -0.25) is 4.68 Å². The second-order valence-electron chi connectivity index (χ2n) is 7.46. The maximum Gasteiger partial charge on any atom is 0.0641 e. The van der Waals surface area contributed by atoms with Crippen LogP contribution in [0.5, 0.6) is 0 Å². The van der Waals surface area contributed by atoms with Crippen molar-refractivity contribution in [2.24, 2.45) is 11.1 Å². The molecular formula is C16H26N4. The fourth-order valence-corrected chi connectivity index (χ4v) is 4.57. The van der Waals surface area contributed by atoms with Crippen molar-refractivity contribution in [3.05, 3.63) is 17.0 Å². The lowest BCUT2D eigenvalue weighted by atomic mass is 9.57. The van der Waals surface area contributed by atoms with Gasteiger partial charge in [0.05, 0.1) is 5.69 Å². The minimum atomic E-state index is 0.172. The lowest BCUT2D eigenvalue weighted by Gasteiger charge is -2.52. The van der Waals surface area contributed by atoms with Crippen LogP contribution >= 0.6 is 0 Å². The summed E-state index contributed by atoms with van der Waals surface area (Å²) in [7, 11) is 0. The summed E-state index contributed by atoms with van der Waals surface area (Å²) in [6, 6.07) is 0. The molecule has 110 valence electrons. The normalized spacial score (nSPS) is 36.1. The summed E-state index contributed by atoms with van der Waals surface area (Å²) in [5.41, 5.74) is 11.3. The Hall–Kier alpha value is -0.870. The average Bonchev–Trinajstić information content (AvgIpc) is 2.78. The molecule has 0 radical (unpaired) electrons. The lowest BCUT2D eigenvalue weighted by molar-refractivity contribution is 0.0263. The van der Waals surface area contributed by atoms with Crippen LogP contribution in [-0.4, -0.2) is 21.9 Å². The van der Waals surface area contributed by atoms with E-state index in [1.54, 1.807) is 0 Å². The molecule has 5 rings (SSSR count).